The van der Waals surface area contributed by atoms with E-state index in [-0.39, 0.29) is 6.04 Å². The molecule has 0 spiro atoms. The Morgan fingerprint density at radius 3 is 2.57 bits per heavy atom. The lowest BCUT2D eigenvalue weighted by atomic mass is 9.96. The number of hydrazone groups is 1. The number of benzene rings is 3. The van der Waals surface area contributed by atoms with E-state index in [0.717, 1.165) is 40.3 Å². The van der Waals surface area contributed by atoms with E-state index in [1.54, 1.807) is 0 Å². The number of ether oxygens (including phenoxy) is 2. The van der Waals surface area contributed by atoms with Crippen molar-refractivity contribution in [3.8, 4) is 11.5 Å². The lowest BCUT2D eigenvalue weighted by molar-refractivity contribution is -0.0205. The highest BCUT2D eigenvalue weighted by Crippen LogP contribution is 2.49. The average Bonchev–Trinajstić information content (AvgIpc) is 3.20. The molecule has 2 aliphatic heterocycles. The van der Waals surface area contributed by atoms with Crippen LogP contribution in [0.5, 0.6) is 11.5 Å². The zero-order chi connectivity index (χ0) is 20.7. The van der Waals surface area contributed by atoms with Gasteiger partial charge >= 0.3 is 0 Å². The first kappa shape index (κ1) is 19.3. The standard InChI is InChI=1S/C24H20Cl2N2O2/c1-2-29-22-6-4-3-5-18(22)24-28-21(19-13-17(26)11-12-23(19)30-24)14-20(27-28)15-7-9-16(25)10-8-15/h3-13,21,24H,2,14H2,1H3/t21-,24-/m1/s1. The van der Waals surface area contributed by atoms with Gasteiger partial charge in [0.05, 0.1) is 23.9 Å². The highest BCUT2D eigenvalue weighted by atomic mass is 35.5. The maximum atomic E-state index is 6.44. The van der Waals surface area contributed by atoms with Crippen LogP contribution in [0.4, 0.5) is 0 Å². The van der Waals surface area contributed by atoms with Crippen LogP contribution in [0.2, 0.25) is 10.0 Å². The van der Waals surface area contributed by atoms with Gasteiger partial charge in [0, 0.05) is 22.0 Å². The predicted octanol–water partition coefficient (Wildman–Crippen LogP) is 6.63. The Kier molecular flexibility index (Phi) is 5.05. The molecule has 3 aromatic rings. The molecule has 2 aliphatic rings. The normalized spacial score (nSPS) is 19.6. The molecule has 6 heteroatoms. The van der Waals surface area contributed by atoms with Crippen molar-refractivity contribution in [1.82, 2.24) is 5.01 Å². The van der Waals surface area contributed by atoms with E-state index >= 15 is 0 Å². The zero-order valence-electron chi connectivity index (χ0n) is 16.4. The molecule has 0 amide bonds. The molecule has 2 atom stereocenters. The minimum absolute atomic E-state index is 0.0258. The molecule has 0 fully saturated rings. The zero-order valence-corrected chi connectivity index (χ0v) is 17.9. The summed E-state index contributed by atoms with van der Waals surface area (Å²) in [6.45, 7) is 2.56. The fraction of sp³-hybridized carbons (Fsp3) is 0.208. The van der Waals surface area contributed by atoms with Crippen LogP contribution in [0.25, 0.3) is 0 Å². The van der Waals surface area contributed by atoms with Crippen LogP contribution in [-0.2, 0) is 0 Å². The molecular formula is C24H20Cl2N2O2. The first-order chi connectivity index (χ1) is 14.6. The van der Waals surface area contributed by atoms with Gasteiger partial charge in [-0.1, -0.05) is 47.5 Å². The van der Waals surface area contributed by atoms with Crippen molar-refractivity contribution in [2.75, 3.05) is 6.61 Å². The topological polar surface area (TPSA) is 34.1 Å². The predicted molar refractivity (Wildman–Crippen MR) is 120 cm³/mol. The van der Waals surface area contributed by atoms with Gasteiger partial charge in [-0.2, -0.15) is 5.10 Å². The largest absolute Gasteiger partial charge is 0.493 e. The Hall–Kier alpha value is -2.69. The Balaban J connectivity index is 1.61. The number of halogens is 2. The van der Waals surface area contributed by atoms with Crippen LogP contribution < -0.4 is 9.47 Å². The third-order valence-corrected chi connectivity index (χ3v) is 5.90. The number of hydrogen-bond donors (Lipinski definition) is 0. The number of rotatable bonds is 4. The van der Waals surface area contributed by atoms with Crippen molar-refractivity contribution in [2.45, 2.75) is 25.6 Å². The smallest absolute Gasteiger partial charge is 0.217 e. The SMILES string of the molecule is CCOc1ccccc1[C@H]1Oc2ccc(Cl)cc2[C@H]2CC(c3ccc(Cl)cc3)=NN21. The molecule has 0 radical (unpaired) electrons. The Labute approximate surface area is 185 Å². The molecular weight excluding hydrogens is 419 g/mol. The summed E-state index contributed by atoms with van der Waals surface area (Å²) in [6.07, 6.45) is 0.363. The number of para-hydroxylation sites is 1. The lowest BCUT2D eigenvalue weighted by Gasteiger charge is -2.38. The number of nitrogens with zero attached hydrogens (tertiary/aromatic N) is 2. The second kappa shape index (κ2) is 7.86. The van der Waals surface area contributed by atoms with Gasteiger partial charge < -0.3 is 9.47 Å². The fourth-order valence-corrected chi connectivity index (χ4v) is 4.36. The number of fused-ring (bicyclic) bond motifs is 3. The van der Waals surface area contributed by atoms with Crippen LogP contribution in [0.15, 0.2) is 71.8 Å². The van der Waals surface area contributed by atoms with Gasteiger partial charge in [-0.15, -0.1) is 0 Å². The second-order valence-electron chi connectivity index (χ2n) is 7.28. The number of hydrogen-bond acceptors (Lipinski definition) is 4. The lowest BCUT2D eigenvalue weighted by Crippen LogP contribution is -2.34. The van der Waals surface area contributed by atoms with Crippen molar-refractivity contribution in [2.24, 2.45) is 5.10 Å². The van der Waals surface area contributed by atoms with Gasteiger partial charge in [-0.25, -0.2) is 5.01 Å². The van der Waals surface area contributed by atoms with Crippen LogP contribution in [-0.4, -0.2) is 17.3 Å². The van der Waals surface area contributed by atoms with Gasteiger partial charge in [0.2, 0.25) is 6.23 Å². The molecule has 0 saturated carbocycles. The first-order valence-electron chi connectivity index (χ1n) is 9.93. The quantitative estimate of drug-likeness (QED) is 0.457. The maximum absolute atomic E-state index is 6.44. The van der Waals surface area contributed by atoms with Gasteiger partial charge in [0.1, 0.15) is 11.5 Å². The van der Waals surface area contributed by atoms with Crippen molar-refractivity contribution in [3.05, 3.63) is 93.5 Å². The van der Waals surface area contributed by atoms with Gasteiger partial charge in [-0.05, 0) is 55.0 Å². The minimum atomic E-state index is -0.392. The summed E-state index contributed by atoms with van der Waals surface area (Å²) in [7, 11) is 0. The highest BCUT2D eigenvalue weighted by molar-refractivity contribution is 6.31. The summed E-state index contributed by atoms with van der Waals surface area (Å²) in [6, 6.07) is 21.5. The Bertz CT molecular complexity index is 1110. The van der Waals surface area contributed by atoms with Crippen LogP contribution >= 0.6 is 23.2 Å². The molecule has 0 N–H and O–H groups in total. The monoisotopic (exact) mass is 438 g/mol. The van der Waals surface area contributed by atoms with Gasteiger partial charge in [0.15, 0.2) is 0 Å². The second-order valence-corrected chi connectivity index (χ2v) is 8.15. The minimum Gasteiger partial charge on any atom is -0.493 e. The molecule has 0 aliphatic carbocycles. The molecule has 0 unspecified atom stereocenters. The molecule has 4 nitrogen and oxygen atoms in total. The summed E-state index contributed by atoms with van der Waals surface area (Å²) in [5.74, 6) is 1.63. The maximum Gasteiger partial charge on any atom is 0.217 e. The van der Waals surface area contributed by atoms with Gasteiger partial charge in [-0.3, -0.25) is 0 Å². The summed E-state index contributed by atoms with van der Waals surface area (Å²) >= 11 is 12.4. The van der Waals surface area contributed by atoms with Crippen molar-refractivity contribution in [3.63, 3.8) is 0 Å². The molecule has 2 heterocycles. The van der Waals surface area contributed by atoms with Crippen molar-refractivity contribution < 1.29 is 9.47 Å². The van der Waals surface area contributed by atoms with E-state index in [0.29, 0.717) is 16.7 Å². The summed E-state index contributed by atoms with van der Waals surface area (Å²) in [5, 5.41) is 8.40. The van der Waals surface area contributed by atoms with E-state index in [1.807, 2.05) is 78.7 Å². The van der Waals surface area contributed by atoms with Crippen LogP contribution in [0, 0.1) is 0 Å². The molecule has 152 valence electrons. The molecule has 0 bridgehead atoms. The van der Waals surface area contributed by atoms with Crippen LogP contribution in [0.3, 0.4) is 0 Å². The molecule has 30 heavy (non-hydrogen) atoms. The van der Waals surface area contributed by atoms with Crippen molar-refractivity contribution in [1.29, 1.82) is 0 Å². The summed E-state index contributed by atoms with van der Waals surface area (Å²) < 4.78 is 12.3. The molecule has 5 rings (SSSR count). The van der Waals surface area contributed by atoms with E-state index in [4.69, 9.17) is 37.8 Å². The Morgan fingerprint density at radius 1 is 1.00 bits per heavy atom. The third-order valence-electron chi connectivity index (χ3n) is 5.41. The molecule has 0 aromatic heterocycles. The van der Waals surface area contributed by atoms with E-state index < -0.39 is 6.23 Å². The Morgan fingerprint density at radius 2 is 1.77 bits per heavy atom. The molecule has 0 saturated heterocycles. The van der Waals surface area contributed by atoms with E-state index in [1.165, 1.54) is 0 Å². The van der Waals surface area contributed by atoms with E-state index in [9.17, 15) is 0 Å². The van der Waals surface area contributed by atoms with Crippen LogP contribution in [0.1, 0.15) is 42.3 Å². The average molecular weight is 439 g/mol. The third kappa shape index (κ3) is 3.40. The fourth-order valence-electron chi connectivity index (χ4n) is 4.05. The highest BCUT2D eigenvalue weighted by Gasteiger charge is 2.42. The summed E-state index contributed by atoms with van der Waals surface area (Å²) in [5.41, 5.74) is 4.03. The van der Waals surface area contributed by atoms with Crippen molar-refractivity contribution >= 4 is 28.9 Å². The first-order valence-corrected chi connectivity index (χ1v) is 10.7. The summed E-state index contributed by atoms with van der Waals surface area (Å²) in [4.78, 5) is 0. The van der Waals surface area contributed by atoms with Gasteiger partial charge in [0.25, 0.3) is 0 Å². The molecule has 3 aromatic carbocycles. The van der Waals surface area contributed by atoms with E-state index in [2.05, 4.69) is 0 Å².